The van der Waals surface area contributed by atoms with Crippen molar-refractivity contribution in [3.05, 3.63) is 52.3 Å². The molecule has 2 aromatic rings. The molecule has 94 valence electrons. The minimum atomic E-state index is -1.10. The molecule has 0 aliphatic heterocycles. The maximum absolute atomic E-state index is 11.0. The van der Waals surface area contributed by atoms with Gasteiger partial charge in [-0.25, -0.2) is 4.79 Å². The second-order valence-corrected chi connectivity index (χ2v) is 4.94. The molecule has 6 heteroatoms. The highest BCUT2D eigenvalue weighted by Crippen LogP contribution is 2.29. The maximum atomic E-state index is 11.0. The highest BCUT2D eigenvalue weighted by Gasteiger charge is 2.32. The lowest BCUT2D eigenvalue weighted by atomic mass is 9.89. The van der Waals surface area contributed by atoms with Gasteiger partial charge in [-0.2, -0.15) is 5.10 Å². The summed E-state index contributed by atoms with van der Waals surface area (Å²) in [6.07, 6.45) is 0.565. The summed E-state index contributed by atoms with van der Waals surface area (Å²) in [4.78, 5) is 11.0. The third-order valence-electron chi connectivity index (χ3n) is 2.77. The number of aromatic nitrogens is 2. The zero-order chi connectivity index (χ0) is 13.2. The third kappa shape index (κ3) is 2.38. The summed E-state index contributed by atoms with van der Waals surface area (Å²) in [6, 6.07) is 9.21. The fraction of sp³-hybridized carbons (Fsp3) is 0.167. The van der Waals surface area contributed by atoms with Gasteiger partial charge >= 0.3 is 6.09 Å². The first-order valence-corrected chi connectivity index (χ1v) is 6.09. The van der Waals surface area contributed by atoms with E-state index >= 15 is 0 Å². The smallest absolute Gasteiger partial charge is 0.405 e. The van der Waals surface area contributed by atoms with E-state index in [0.717, 1.165) is 10.0 Å². The summed E-state index contributed by atoms with van der Waals surface area (Å²) in [7, 11) is 0. The van der Waals surface area contributed by atoms with E-state index in [-0.39, 0.29) is 0 Å². The summed E-state index contributed by atoms with van der Waals surface area (Å²) < 4.78 is 0.883. The van der Waals surface area contributed by atoms with Crippen LogP contribution < -0.4 is 5.32 Å². The molecule has 0 aliphatic carbocycles. The number of aromatic amines is 1. The molecule has 0 saturated carbocycles. The Morgan fingerprint density at radius 3 is 2.83 bits per heavy atom. The molecule has 0 saturated heterocycles. The maximum Gasteiger partial charge on any atom is 0.405 e. The zero-order valence-corrected chi connectivity index (χ0v) is 11.2. The van der Waals surface area contributed by atoms with E-state index in [4.69, 9.17) is 5.11 Å². The van der Waals surface area contributed by atoms with Gasteiger partial charge in [0.1, 0.15) is 5.54 Å². The van der Waals surface area contributed by atoms with E-state index in [9.17, 15) is 4.79 Å². The summed E-state index contributed by atoms with van der Waals surface area (Å²) in [6.45, 7) is 1.78. The lowest BCUT2D eigenvalue weighted by Crippen LogP contribution is -2.44. The first-order chi connectivity index (χ1) is 8.52. The number of nitrogens with one attached hydrogen (secondary N) is 2. The standard InChI is InChI=1S/C12H12BrN3O2/c1-12(15-11(17)18,10-5-6-14-16-10)8-3-2-4-9(13)7-8/h2-7,15H,1H3,(H,14,16)(H,17,18). The number of hydrogen-bond acceptors (Lipinski definition) is 2. The summed E-state index contributed by atoms with van der Waals surface area (Å²) in [5.74, 6) is 0. The van der Waals surface area contributed by atoms with E-state index in [2.05, 4.69) is 31.4 Å². The number of hydrogen-bond donors (Lipinski definition) is 3. The summed E-state index contributed by atoms with van der Waals surface area (Å²) in [5, 5.41) is 18.3. The molecular formula is C12H12BrN3O2. The van der Waals surface area contributed by atoms with Crippen LogP contribution in [0.3, 0.4) is 0 Å². The van der Waals surface area contributed by atoms with E-state index in [0.29, 0.717) is 5.69 Å². The van der Waals surface area contributed by atoms with Crippen LogP contribution in [0.2, 0.25) is 0 Å². The SMILES string of the molecule is CC(NC(=O)O)(c1cccc(Br)c1)c1cc[nH]n1. The highest BCUT2D eigenvalue weighted by atomic mass is 79.9. The van der Waals surface area contributed by atoms with Gasteiger partial charge in [0.25, 0.3) is 0 Å². The molecule has 0 bridgehead atoms. The Balaban J connectivity index is 2.52. The molecule has 5 nitrogen and oxygen atoms in total. The monoisotopic (exact) mass is 309 g/mol. The Bertz CT molecular complexity index is 556. The van der Waals surface area contributed by atoms with Gasteiger partial charge in [-0.1, -0.05) is 28.1 Å². The quantitative estimate of drug-likeness (QED) is 0.815. The molecule has 1 heterocycles. The van der Waals surface area contributed by atoms with Crippen LogP contribution in [0.15, 0.2) is 41.0 Å². The molecule has 2 rings (SSSR count). The first-order valence-electron chi connectivity index (χ1n) is 5.30. The van der Waals surface area contributed by atoms with Crippen LogP contribution in [0, 0.1) is 0 Å². The van der Waals surface area contributed by atoms with Crippen molar-refractivity contribution in [3.8, 4) is 0 Å². The summed E-state index contributed by atoms with van der Waals surface area (Å²) in [5.41, 5.74) is 0.532. The van der Waals surface area contributed by atoms with Crippen molar-refractivity contribution in [2.75, 3.05) is 0 Å². The molecule has 1 unspecified atom stereocenters. The number of amides is 1. The van der Waals surface area contributed by atoms with Crippen LogP contribution in [-0.2, 0) is 5.54 Å². The predicted molar refractivity (Wildman–Crippen MR) is 70.3 cm³/mol. The van der Waals surface area contributed by atoms with E-state index in [1.165, 1.54) is 0 Å². The molecule has 1 amide bonds. The zero-order valence-electron chi connectivity index (χ0n) is 9.64. The van der Waals surface area contributed by atoms with Crippen LogP contribution in [0.25, 0.3) is 0 Å². The van der Waals surface area contributed by atoms with Gasteiger partial charge in [0, 0.05) is 10.7 Å². The average molecular weight is 310 g/mol. The first kappa shape index (κ1) is 12.6. The number of rotatable bonds is 3. The lowest BCUT2D eigenvalue weighted by Gasteiger charge is -2.28. The molecule has 0 radical (unpaired) electrons. The second kappa shape index (κ2) is 4.81. The van der Waals surface area contributed by atoms with Gasteiger partial charge in [0.2, 0.25) is 0 Å². The van der Waals surface area contributed by atoms with Gasteiger partial charge in [-0.05, 0) is 30.7 Å². The van der Waals surface area contributed by atoms with Crippen molar-refractivity contribution < 1.29 is 9.90 Å². The van der Waals surface area contributed by atoms with Gasteiger partial charge in [0.15, 0.2) is 0 Å². The van der Waals surface area contributed by atoms with Gasteiger partial charge in [-0.3, -0.25) is 5.10 Å². The van der Waals surface area contributed by atoms with Gasteiger partial charge in [-0.15, -0.1) is 0 Å². The topological polar surface area (TPSA) is 78.0 Å². The Morgan fingerprint density at radius 1 is 1.50 bits per heavy atom. The second-order valence-electron chi connectivity index (χ2n) is 4.02. The van der Waals surface area contributed by atoms with Crippen molar-refractivity contribution in [2.24, 2.45) is 0 Å². The van der Waals surface area contributed by atoms with Gasteiger partial charge in [0.05, 0.1) is 5.69 Å². The normalized spacial score (nSPS) is 13.9. The molecule has 1 atom stereocenters. The lowest BCUT2D eigenvalue weighted by molar-refractivity contribution is 0.184. The number of benzene rings is 1. The third-order valence-corrected chi connectivity index (χ3v) is 3.27. The molecule has 0 spiro atoms. The minimum absolute atomic E-state index is 0.614. The number of halogens is 1. The number of carboxylic acid groups (broad SMARTS) is 1. The minimum Gasteiger partial charge on any atom is -0.465 e. The van der Waals surface area contributed by atoms with Crippen LogP contribution in [0.4, 0.5) is 4.79 Å². The van der Waals surface area contributed by atoms with Crippen LogP contribution in [-0.4, -0.2) is 21.4 Å². The Kier molecular flexibility index (Phi) is 3.38. The van der Waals surface area contributed by atoms with Crippen LogP contribution in [0.5, 0.6) is 0 Å². The Labute approximate surface area is 112 Å². The fourth-order valence-electron chi connectivity index (χ4n) is 1.84. The van der Waals surface area contributed by atoms with Crippen molar-refractivity contribution in [1.82, 2.24) is 15.5 Å². The molecule has 18 heavy (non-hydrogen) atoms. The molecule has 1 aromatic heterocycles. The van der Waals surface area contributed by atoms with Gasteiger partial charge < -0.3 is 10.4 Å². The van der Waals surface area contributed by atoms with E-state index in [1.807, 2.05) is 24.3 Å². The Hall–Kier alpha value is -1.82. The molecular weight excluding hydrogens is 298 g/mol. The molecule has 1 aromatic carbocycles. The van der Waals surface area contributed by atoms with Crippen molar-refractivity contribution in [1.29, 1.82) is 0 Å². The molecule has 0 aliphatic rings. The number of nitrogens with zero attached hydrogens (tertiary/aromatic N) is 1. The fourth-order valence-corrected chi connectivity index (χ4v) is 2.24. The van der Waals surface area contributed by atoms with Crippen molar-refractivity contribution in [2.45, 2.75) is 12.5 Å². The molecule has 3 N–H and O–H groups in total. The Morgan fingerprint density at radius 2 is 2.28 bits per heavy atom. The average Bonchev–Trinajstić information content (AvgIpc) is 2.81. The van der Waals surface area contributed by atoms with E-state index < -0.39 is 11.6 Å². The van der Waals surface area contributed by atoms with Crippen LogP contribution >= 0.6 is 15.9 Å². The molecule has 0 fully saturated rings. The highest BCUT2D eigenvalue weighted by molar-refractivity contribution is 9.10. The largest absolute Gasteiger partial charge is 0.465 e. The van der Waals surface area contributed by atoms with Crippen LogP contribution in [0.1, 0.15) is 18.2 Å². The number of carbonyl (C=O) groups is 1. The van der Waals surface area contributed by atoms with E-state index in [1.54, 1.807) is 19.2 Å². The number of H-pyrrole nitrogens is 1. The predicted octanol–water partition coefficient (Wildman–Crippen LogP) is 2.70. The van der Waals surface area contributed by atoms with Crippen molar-refractivity contribution in [3.63, 3.8) is 0 Å². The van der Waals surface area contributed by atoms with Crippen molar-refractivity contribution >= 4 is 22.0 Å². The summed E-state index contributed by atoms with van der Waals surface area (Å²) >= 11 is 3.38.